The number of amides is 2. The van der Waals surface area contributed by atoms with Crippen molar-refractivity contribution in [1.29, 1.82) is 0 Å². The van der Waals surface area contributed by atoms with Gasteiger partial charge in [-0.3, -0.25) is 14.7 Å². The Labute approximate surface area is 140 Å². The van der Waals surface area contributed by atoms with E-state index >= 15 is 0 Å². The number of aromatic amines is 1. The van der Waals surface area contributed by atoms with Crippen LogP contribution in [0.25, 0.3) is 0 Å². The summed E-state index contributed by atoms with van der Waals surface area (Å²) in [4.78, 5) is 28.1. The van der Waals surface area contributed by atoms with Gasteiger partial charge in [-0.25, -0.2) is 4.98 Å². The molecule has 0 spiro atoms. The summed E-state index contributed by atoms with van der Waals surface area (Å²) in [7, 11) is 1.54. The number of aryl methyl sites for hydroxylation is 1. The summed E-state index contributed by atoms with van der Waals surface area (Å²) in [6.07, 6.45) is 0.170. The molecule has 8 heteroatoms. The number of hydrogen-bond acceptors (Lipinski definition) is 5. The van der Waals surface area contributed by atoms with Crippen LogP contribution in [0.5, 0.6) is 5.75 Å². The number of benzene rings is 1. The van der Waals surface area contributed by atoms with Crippen molar-refractivity contribution in [2.75, 3.05) is 13.7 Å². The summed E-state index contributed by atoms with van der Waals surface area (Å²) in [6.45, 7) is 3.83. The molecular formula is C16H21N5O3. The molecule has 0 radical (unpaired) electrons. The molecule has 24 heavy (non-hydrogen) atoms. The van der Waals surface area contributed by atoms with Crippen molar-refractivity contribution >= 4 is 11.8 Å². The summed E-state index contributed by atoms with van der Waals surface area (Å²) in [5, 5.41) is 12.2. The third-order valence-electron chi connectivity index (χ3n) is 3.35. The quantitative estimate of drug-likeness (QED) is 0.704. The molecule has 0 bridgehead atoms. The van der Waals surface area contributed by atoms with Gasteiger partial charge in [-0.15, -0.1) is 0 Å². The molecule has 8 nitrogen and oxygen atoms in total. The molecular weight excluding hydrogens is 310 g/mol. The van der Waals surface area contributed by atoms with Crippen LogP contribution in [0.4, 0.5) is 0 Å². The summed E-state index contributed by atoms with van der Waals surface area (Å²) in [6, 6.07) is 6.53. The Morgan fingerprint density at radius 1 is 1.38 bits per heavy atom. The lowest BCUT2D eigenvalue weighted by atomic mass is 10.2. The molecule has 3 N–H and O–H groups in total. The Kier molecular flexibility index (Phi) is 5.89. The molecule has 0 aliphatic carbocycles. The Bertz CT molecular complexity index is 713. The number of rotatable bonds is 7. The lowest BCUT2D eigenvalue weighted by molar-refractivity contribution is -0.121. The lowest BCUT2D eigenvalue weighted by Crippen LogP contribution is -2.32. The normalized spacial score (nSPS) is 11.6. The van der Waals surface area contributed by atoms with Gasteiger partial charge in [0.15, 0.2) is 5.82 Å². The van der Waals surface area contributed by atoms with Gasteiger partial charge in [0.25, 0.3) is 5.91 Å². The monoisotopic (exact) mass is 331 g/mol. The van der Waals surface area contributed by atoms with E-state index in [9.17, 15) is 9.59 Å². The molecule has 0 saturated heterocycles. The predicted octanol–water partition coefficient (Wildman–Crippen LogP) is 1.12. The van der Waals surface area contributed by atoms with Crippen LogP contribution in [-0.4, -0.2) is 40.7 Å². The van der Waals surface area contributed by atoms with Gasteiger partial charge >= 0.3 is 0 Å². The van der Waals surface area contributed by atoms with Crippen LogP contribution in [0.2, 0.25) is 0 Å². The largest absolute Gasteiger partial charge is 0.497 e. The standard InChI is InChI=1S/C16H21N5O3/c1-10(15-19-11(2)20-21-15)18-14(22)7-8-17-16(23)12-5-4-6-13(9-12)24-3/h4-6,9-10H,7-8H2,1-3H3,(H,17,23)(H,18,22)(H,19,20,21)/t10-/m0/s1. The molecule has 0 aliphatic heterocycles. The highest BCUT2D eigenvalue weighted by atomic mass is 16.5. The van der Waals surface area contributed by atoms with Gasteiger partial charge in [-0.2, -0.15) is 5.10 Å². The summed E-state index contributed by atoms with van der Waals surface area (Å²) < 4.78 is 5.08. The van der Waals surface area contributed by atoms with Crippen LogP contribution >= 0.6 is 0 Å². The lowest BCUT2D eigenvalue weighted by Gasteiger charge is -2.11. The maximum atomic E-state index is 12.0. The number of ether oxygens (including phenoxy) is 1. The van der Waals surface area contributed by atoms with E-state index in [1.807, 2.05) is 0 Å². The van der Waals surface area contributed by atoms with Crippen LogP contribution in [0.15, 0.2) is 24.3 Å². The fourth-order valence-electron chi connectivity index (χ4n) is 2.09. The number of nitrogens with zero attached hydrogens (tertiary/aromatic N) is 2. The Morgan fingerprint density at radius 3 is 2.83 bits per heavy atom. The van der Waals surface area contributed by atoms with Crippen LogP contribution in [0.1, 0.15) is 41.4 Å². The van der Waals surface area contributed by atoms with E-state index in [0.29, 0.717) is 23.0 Å². The topological polar surface area (TPSA) is 109 Å². The van der Waals surface area contributed by atoms with E-state index in [2.05, 4.69) is 25.8 Å². The fourth-order valence-corrected chi connectivity index (χ4v) is 2.09. The van der Waals surface area contributed by atoms with E-state index < -0.39 is 0 Å². The van der Waals surface area contributed by atoms with Crippen LogP contribution in [0.3, 0.4) is 0 Å². The molecule has 1 aromatic carbocycles. The zero-order chi connectivity index (χ0) is 17.5. The number of nitrogens with one attached hydrogen (secondary N) is 3. The number of hydrogen-bond donors (Lipinski definition) is 3. The highest BCUT2D eigenvalue weighted by Crippen LogP contribution is 2.12. The first kappa shape index (κ1) is 17.5. The number of carbonyl (C=O) groups excluding carboxylic acids is 2. The van der Waals surface area contributed by atoms with Crippen molar-refractivity contribution in [1.82, 2.24) is 25.8 Å². The minimum absolute atomic E-state index is 0.170. The maximum absolute atomic E-state index is 12.0. The third-order valence-corrected chi connectivity index (χ3v) is 3.35. The molecule has 0 aliphatic rings. The maximum Gasteiger partial charge on any atom is 0.251 e. The average Bonchev–Trinajstić information content (AvgIpc) is 3.01. The van der Waals surface area contributed by atoms with Crippen molar-refractivity contribution in [2.45, 2.75) is 26.3 Å². The smallest absolute Gasteiger partial charge is 0.251 e. The van der Waals surface area contributed by atoms with Crippen LogP contribution < -0.4 is 15.4 Å². The Morgan fingerprint density at radius 2 is 2.17 bits per heavy atom. The fraction of sp³-hybridized carbons (Fsp3) is 0.375. The number of carbonyl (C=O) groups is 2. The summed E-state index contributed by atoms with van der Waals surface area (Å²) in [5.41, 5.74) is 0.485. The minimum atomic E-state index is -0.295. The first-order valence-corrected chi connectivity index (χ1v) is 7.60. The van der Waals surface area contributed by atoms with Crippen LogP contribution in [0, 0.1) is 6.92 Å². The molecule has 2 amide bonds. The van der Waals surface area contributed by atoms with Gasteiger partial charge in [-0.05, 0) is 32.0 Å². The molecule has 2 aromatic rings. The molecule has 1 heterocycles. The van der Waals surface area contributed by atoms with Gasteiger partial charge in [0.2, 0.25) is 5.91 Å². The highest BCUT2D eigenvalue weighted by Gasteiger charge is 2.14. The number of H-pyrrole nitrogens is 1. The van der Waals surface area contributed by atoms with E-state index in [1.54, 1.807) is 38.1 Å². The first-order valence-electron chi connectivity index (χ1n) is 7.60. The second-order valence-electron chi connectivity index (χ2n) is 5.31. The molecule has 1 aromatic heterocycles. The van der Waals surface area contributed by atoms with Crippen LogP contribution in [-0.2, 0) is 4.79 Å². The Balaban J connectivity index is 1.76. The Hall–Kier alpha value is -2.90. The minimum Gasteiger partial charge on any atom is -0.497 e. The van der Waals surface area contributed by atoms with Gasteiger partial charge in [0, 0.05) is 18.5 Å². The zero-order valence-corrected chi connectivity index (χ0v) is 13.9. The zero-order valence-electron chi connectivity index (χ0n) is 13.9. The molecule has 0 fully saturated rings. The van der Waals surface area contributed by atoms with E-state index in [1.165, 1.54) is 7.11 Å². The molecule has 1 atom stereocenters. The average molecular weight is 331 g/mol. The predicted molar refractivity (Wildman–Crippen MR) is 87.6 cm³/mol. The van der Waals surface area contributed by atoms with Gasteiger partial charge < -0.3 is 15.4 Å². The van der Waals surface area contributed by atoms with Crippen molar-refractivity contribution in [3.8, 4) is 5.75 Å². The second-order valence-corrected chi connectivity index (χ2v) is 5.31. The van der Waals surface area contributed by atoms with E-state index in [-0.39, 0.29) is 30.8 Å². The van der Waals surface area contributed by atoms with Gasteiger partial charge in [-0.1, -0.05) is 6.07 Å². The highest BCUT2D eigenvalue weighted by molar-refractivity contribution is 5.94. The van der Waals surface area contributed by atoms with Crippen molar-refractivity contribution in [3.63, 3.8) is 0 Å². The van der Waals surface area contributed by atoms with E-state index in [4.69, 9.17) is 4.74 Å². The SMILES string of the molecule is COc1cccc(C(=O)NCCC(=O)N[C@@H](C)c2n[nH]c(C)n2)c1. The number of aromatic nitrogens is 3. The third kappa shape index (κ3) is 4.80. The molecule has 0 unspecified atom stereocenters. The van der Waals surface area contributed by atoms with Crippen molar-refractivity contribution in [3.05, 3.63) is 41.5 Å². The second kappa shape index (κ2) is 8.09. The summed E-state index contributed by atoms with van der Waals surface area (Å²) in [5.74, 6) is 1.39. The molecule has 0 saturated carbocycles. The van der Waals surface area contributed by atoms with Gasteiger partial charge in [0.05, 0.1) is 13.2 Å². The van der Waals surface area contributed by atoms with Crippen molar-refractivity contribution < 1.29 is 14.3 Å². The molecule has 128 valence electrons. The van der Waals surface area contributed by atoms with Gasteiger partial charge in [0.1, 0.15) is 11.6 Å². The van der Waals surface area contributed by atoms with E-state index in [0.717, 1.165) is 0 Å². The van der Waals surface area contributed by atoms with Crippen molar-refractivity contribution in [2.24, 2.45) is 0 Å². The molecule has 2 rings (SSSR count). The summed E-state index contributed by atoms with van der Waals surface area (Å²) >= 11 is 0. The first-order chi connectivity index (χ1) is 11.5. The number of methoxy groups -OCH3 is 1.